The van der Waals surface area contributed by atoms with Gasteiger partial charge in [0, 0.05) is 5.54 Å². The normalized spacial score (nSPS) is 18.5. The third-order valence-electron chi connectivity index (χ3n) is 4.33. The average Bonchev–Trinajstić information content (AvgIpc) is 2.33. The lowest BCUT2D eigenvalue weighted by molar-refractivity contribution is 0.0570. The molecule has 0 saturated heterocycles. The van der Waals surface area contributed by atoms with Crippen LogP contribution in [0.1, 0.15) is 54.4 Å². The van der Waals surface area contributed by atoms with Crippen LogP contribution < -0.4 is 5.73 Å². The zero-order valence-electron chi connectivity index (χ0n) is 12.6. The van der Waals surface area contributed by atoms with Gasteiger partial charge in [0.05, 0.1) is 13.2 Å². The number of rotatable bonds is 4. The van der Waals surface area contributed by atoms with E-state index in [-0.39, 0.29) is 5.54 Å². The second-order valence-electron chi connectivity index (χ2n) is 6.29. The van der Waals surface area contributed by atoms with Gasteiger partial charge in [-0.3, -0.25) is 0 Å². The first-order chi connectivity index (χ1) is 9.00. The summed E-state index contributed by atoms with van der Waals surface area (Å²) in [5.41, 5.74) is 11.6. The number of aryl methyl sites for hydroxylation is 3. The molecule has 2 nitrogen and oxygen atoms in total. The Kier molecular flexibility index (Phi) is 4.64. The summed E-state index contributed by atoms with van der Waals surface area (Å²) in [6, 6.07) is 4.45. The van der Waals surface area contributed by atoms with Crippen LogP contribution in [0.4, 0.5) is 0 Å². The van der Waals surface area contributed by atoms with E-state index in [1.54, 1.807) is 0 Å². The van der Waals surface area contributed by atoms with Crippen LogP contribution >= 0.6 is 0 Å². The van der Waals surface area contributed by atoms with Gasteiger partial charge in [-0.15, -0.1) is 0 Å². The maximum Gasteiger partial charge on any atom is 0.0722 e. The Morgan fingerprint density at radius 3 is 2.21 bits per heavy atom. The number of hydrogen-bond donors (Lipinski definition) is 1. The van der Waals surface area contributed by atoms with Crippen LogP contribution in [0.15, 0.2) is 12.1 Å². The fraction of sp³-hybridized carbons (Fsp3) is 0.647. The molecule has 0 aliphatic heterocycles. The third kappa shape index (κ3) is 3.80. The average molecular weight is 261 g/mol. The van der Waals surface area contributed by atoms with Gasteiger partial charge in [-0.05, 0) is 50.3 Å². The van der Waals surface area contributed by atoms with Gasteiger partial charge in [0.25, 0.3) is 0 Å². The minimum atomic E-state index is -0.0786. The van der Waals surface area contributed by atoms with Crippen LogP contribution in [-0.4, -0.2) is 12.1 Å². The van der Waals surface area contributed by atoms with Crippen molar-refractivity contribution in [2.45, 2.75) is 65.0 Å². The minimum absolute atomic E-state index is 0.0786. The van der Waals surface area contributed by atoms with E-state index >= 15 is 0 Å². The monoisotopic (exact) mass is 261 g/mol. The van der Waals surface area contributed by atoms with Crippen molar-refractivity contribution in [3.05, 3.63) is 34.4 Å². The lowest BCUT2D eigenvalue weighted by atomic mass is 9.83. The fourth-order valence-electron chi connectivity index (χ4n) is 3.19. The van der Waals surface area contributed by atoms with Crippen LogP contribution in [0.3, 0.4) is 0 Å². The molecule has 2 N–H and O–H groups in total. The van der Waals surface area contributed by atoms with Gasteiger partial charge in [0.1, 0.15) is 0 Å². The van der Waals surface area contributed by atoms with Gasteiger partial charge >= 0.3 is 0 Å². The van der Waals surface area contributed by atoms with E-state index in [0.717, 1.165) is 12.8 Å². The molecule has 0 unspecified atom stereocenters. The van der Waals surface area contributed by atoms with Gasteiger partial charge in [0.15, 0.2) is 0 Å². The molecule has 0 aromatic heterocycles. The highest BCUT2D eigenvalue weighted by Gasteiger charge is 2.27. The first-order valence-electron chi connectivity index (χ1n) is 7.43. The fourth-order valence-corrected chi connectivity index (χ4v) is 3.19. The van der Waals surface area contributed by atoms with Gasteiger partial charge in [-0.2, -0.15) is 0 Å². The third-order valence-corrected chi connectivity index (χ3v) is 4.33. The Hall–Kier alpha value is -0.860. The molecular weight excluding hydrogens is 234 g/mol. The van der Waals surface area contributed by atoms with Crippen molar-refractivity contribution in [3.8, 4) is 0 Å². The van der Waals surface area contributed by atoms with Crippen LogP contribution in [0.5, 0.6) is 0 Å². The summed E-state index contributed by atoms with van der Waals surface area (Å²) in [7, 11) is 0. The van der Waals surface area contributed by atoms with Crippen molar-refractivity contribution in [2.24, 2.45) is 5.73 Å². The van der Waals surface area contributed by atoms with Crippen molar-refractivity contribution < 1.29 is 4.74 Å². The predicted molar refractivity (Wildman–Crippen MR) is 80.3 cm³/mol. The van der Waals surface area contributed by atoms with E-state index in [0.29, 0.717) is 13.2 Å². The molecule has 2 rings (SSSR count). The molecular formula is C17H27NO. The van der Waals surface area contributed by atoms with Gasteiger partial charge < -0.3 is 10.5 Å². The summed E-state index contributed by atoms with van der Waals surface area (Å²) in [6.45, 7) is 7.85. The molecule has 1 saturated carbocycles. The molecule has 1 aromatic rings. The van der Waals surface area contributed by atoms with E-state index < -0.39 is 0 Å². The van der Waals surface area contributed by atoms with Crippen molar-refractivity contribution in [1.82, 2.24) is 0 Å². The van der Waals surface area contributed by atoms with Crippen molar-refractivity contribution in [2.75, 3.05) is 6.61 Å². The highest BCUT2D eigenvalue weighted by Crippen LogP contribution is 2.26. The zero-order chi connectivity index (χ0) is 13.9. The van der Waals surface area contributed by atoms with E-state index in [9.17, 15) is 0 Å². The maximum absolute atomic E-state index is 6.40. The highest BCUT2D eigenvalue weighted by molar-refractivity contribution is 5.36. The Morgan fingerprint density at radius 1 is 1.05 bits per heavy atom. The van der Waals surface area contributed by atoms with Crippen molar-refractivity contribution in [1.29, 1.82) is 0 Å². The van der Waals surface area contributed by atoms with Crippen molar-refractivity contribution in [3.63, 3.8) is 0 Å². The molecule has 1 aromatic carbocycles. The van der Waals surface area contributed by atoms with Gasteiger partial charge in [0.2, 0.25) is 0 Å². The Bertz CT molecular complexity index is 410. The molecule has 1 aliphatic carbocycles. The second kappa shape index (κ2) is 6.06. The molecule has 106 valence electrons. The number of hydrogen-bond acceptors (Lipinski definition) is 2. The Morgan fingerprint density at radius 2 is 1.63 bits per heavy atom. The minimum Gasteiger partial charge on any atom is -0.375 e. The molecule has 0 bridgehead atoms. The highest BCUT2D eigenvalue weighted by atomic mass is 16.5. The van der Waals surface area contributed by atoms with Crippen LogP contribution in [0.25, 0.3) is 0 Å². The molecule has 0 atom stereocenters. The van der Waals surface area contributed by atoms with E-state index in [2.05, 4.69) is 32.9 Å². The lowest BCUT2D eigenvalue weighted by Gasteiger charge is -2.33. The predicted octanol–water partition coefficient (Wildman–Crippen LogP) is 3.79. The smallest absolute Gasteiger partial charge is 0.0722 e. The van der Waals surface area contributed by atoms with Crippen molar-refractivity contribution >= 4 is 0 Å². The van der Waals surface area contributed by atoms with E-state index in [4.69, 9.17) is 10.5 Å². The van der Waals surface area contributed by atoms with E-state index in [1.165, 1.54) is 41.5 Å². The first kappa shape index (κ1) is 14.5. The number of ether oxygens (including phenoxy) is 1. The molecule has 0 radical (unpaired) electrons. The number of benzene rings is 1. The maximum atomic E-state index is 6.40. The van der Waals surface area contributed by atoms with E-state index in [1.807, 2.05) is 0 Å². The van der Waals surface area contributed by atoms with Crippen LogP contribution in [-0.2, 0) is 11.3 Å². The molecule has 19 heavy (non-hydrogen) atoms. The summed E-state index contributed by atoms with van der Waals surface area (Å²) in [5.74, 6) is 0. The quantitative estimate of drug-likeness (QED) is 0.895. The van der Waals surface area contributed by atoms with Gasteiger partial charge in [-0.25, -0.2) is 0 Å². The van der Waals surface area contributed by atoms with Crippen LogP contribution in [0, 0.1) is 20.8 Å². The molecule has 1 fully saturated rings. The topological polar surface area (TPSA) is 35.2 Å². The summed E-state index contributed by atoms with van der Waals surface area (Å²) >= 11 is 0. The summed E-state index contributed by atoms with van der Waals surface area (Å²) in [5, 5.41) is 0. The Labute approximate surface area is 117 Å². The van der Waals surface area contributed by atoms with Gasteiger partial charge in [-0.1, -0.05) is 37.0 Å². The molecule has 0 amide bonds. The first-order valence-corrected chi connectivity index (χ1v) is 7.43. The second-order valence-corrected chi connectivity index (χ2v) is 6.29. The molecule has 1 aliphatic rings. The molecule has 0 heterocycles. The Balaban J connectivity index is 1.92. The standard InChI is InChI=1S/C17H27NO/c1-13-9-14(2)16(15(3)10-13)11-19-12-17(18)7-5-4-6-8-17/h9-10H,4-8,11-12,18H2,1-3H3. The summed E-state index contributed by atoms with van der Waals surface area (Å²) in [6.07, 6.45) is 6.05. The largest absolute Gasteiger partial charge is 0.375 e. The summed E-state index contributed by atoms with van der Waals surface area (Å²) < 4.78 is 5.94. The summed E-state index contributed by atoms with van der Waals surface area (Å²) in [4.78, 5) is 0. The molecule has 2 heteroatoms. The lowest BCUT2D eigenvalue weighted by Crippen LogP contribution is -2.46. The SMILES string of the molecule is Cc1cc(C)c(COCC2(N)CCCCC2)c(C)c1. The molecule has 0 spiro atoms. The zero-order valence-corrected chi connectivity index (χ0v) is 12.6. The van der Waals surface area contributed by atoms with Crippen LogP contribution in [0.2, 0.25) is 0 Å². The number of nitrogens with two attached hydrogens (primary N) is 1.